The molecule has 2 aromatic carbocycles. The zero-order valence-corrected chi connectivity index (χ0v) is 17.1. The molecule has 6 nitrogen and oxygen atoms in total. The van der Waals surface area contributed by atoms with Crippen LogP contribution in [0.15, 0.2) is 47.4 Å². The number of ether oxygens (including phenoxy) is 1. The van der Waals surface area contributed by atoms with E-state index in [9.17, 15) is 13.2 Å². The smallest absolute Gasteiger partial charge is 0.243 e. The summed E-state index contributed by atoms with van der Waals surface area (Å²) in [6, 6.07) is 12.3. The maximum absolute atomic E-state index is 13.0. The molecule has 1 fully saturated rings. The third-order valence-corrected chi connectivity index (χ3v) is 6.97. The molecule has 0 saturated carbocycles. The Kier molecular flexibility index (Phi) is 6.36. The van der Waals surface area contributed by atoms with E-state index in [1.165, 1.54) is 0 Å². The molecule has 0 unspecified atom stereocenters. The zero-order chi connectivity index (χ0) is 20.1. The number of rotatable bonds is 6. The van der Waals surface area contributed by atoms with Crippen LogP contribution in [0.25, 0.3) is 0 Å². The van der Waals surface area contributed by atoms with Crippen LogP contribution in [-0.2, 0) is 21.2 Å². The lowest BCUT2D eigenvalue weighted by Crippen LogP contribution is -2.36. The number of nitrogens with zero attached hydrogens (tertiary/aromatic N) is 1. The molecule has 150 valence electrons. The van der Waals surface area contributed by atoms with Gasteiger partial charge in [0.25, 0.3) is 0 Å². The number of anilines is 1. The number of benzene rings is 2. The summed E-state index contributed by atoms with van der Waals surface area (Å²) in [6.45, 7) is 2.88. The summed E-state index contributed by atoms with van der Waals surface area (Å²) in [6.07, 6.45) is 3.03. The number of carbonyl (C=O) groups excluding carboxylic acids is 1. The molecular formula is C21H26N2O4S. The Balaban J connectivity index is 1.74. The van der Waals surface area contributed by atoms with Crippen molar-refractivity contribution < 1.29 is 17.9 Å². The van der Waals surface area contributed by atoms with Crippen molar-refractivity contribution in [2.24, 2.45) is 0 Å². The molecule has 7 heteroatoms. The van der Waals surface area contributed by atoms with Crippen LogP contribution < -0.4 is 10.1 Å². The Hall–Kier alpha value is -2.38. The van der Waals surface area contributed by atoms with E-state index < -0.39 is 10.0 Å². The minimum absolute atomic E-state index is 0.199. The zero-order valence-electron chi connectivity index (χ0n) is 16.3. The standard InChI is InChI=1S/C21H26N2O4S/c1-16-6-9-18(15-20(16)28(25,26)23-12-4-3-5-13-23)22-21(24)14-17-7-10-19(27-2)11-8-17/h6-11,15H,3-5,12-14H2,1-2H3,(H,22,24). The Morgan fingerprint density at radius 2 is 1.75 bits per heavy atom. The lowest BCUT2D eigenvalue weighted by molar-refractivity contribution is -0.115. The molecule has 0 atom stereocenters. The fourth-order valence-electron chi connectivity index (χ4n) is 3.33. The molecule has 2 aromatic rings. The van der Waals surface area contributed by atoms with Crippen LogP contribution in [0.3, 0.4) is 0 Å². The van der Waals surface area contributed by atoms with Crippen molar-refractivity contribution in [2.75, 3.05) is 25.5 Å². The second-order valence-electron chi connectivity index (χ2n) is 7.02. The highest BCUT2D eigenvalue weighted by Gasteiger charge is 2.27. The van der Waals surface area contributed by atoms with Crippen molar-refractivity contribution in [3.63, 3.8) is 0 Å². The lowest BCUT2D eigenvalue weighted by Gasteiger charge is -2.26. The fourth-order valence-corrected chi connectivity index (χ4v) is 5.10. The van der Waals surface area contributed by atoms with Gasteiger partial charge in [-0.05, 0) is 55.2 Å². The van der Waals surface area contributed by atoms with Crippen molar-refractivity contribution in [1.82, 2.24) is 4.31 Å². The Morgan fingerprint density at radius 1 is 1.07 bits per heavy atom. The van der Waals surface area contributed by atoms with Crippen LogP contribution in [0.4, 0.5) is 5.69 Å². The van der Waals surface area contributed by atoms with Crippen LogP contribution >= 0.6 is 0 Å². The molecule has 1 N–H and O–H groups in total. The number of hydrogen-bond acceptors (Lipinski definition) is 4. The highest BCUT2D eigenvalue weighted by atomic mass is 32.2. The third-order valence-electron chi connectivity index (χ3n) is 4.93. The van der Waals surface area contributed by atoms with Gasteiger partial charge in [0, 0.05) is 18.8 Å². The summed E-state index contributed by atoms with van der Waals surface area (Å²) in [4.78, 5) is 12.6. The first-order valence-corrected chi connectivity index (χ1v) is 10.9. The number of aryl methyl sites for hydroxylation is 1. The van der Waals surface area contributed by atoms with Crippen LogP contribution in [0.2, 0.25) is 0 Å². The quantitative estimate of drug-likeness (QED) is 0.804. The Labute approximate surface area is 166 Å². The van der Waals surface area contributed by atoms with E-state index in [1.807, 2.05) is 12.1 Å². The minimum Gasteiger partial charge on any atom is -0.497 e. The maximum Gasteiger partial charge on any atom is 0.243 e. The summed E-state index contributed by atoms with van der Waals surface area (Å²) in [5.41, 5.74) is 2.02. The molecule has 0 aliphatic carbocycles. The van der Waals surface area contributed by atoms with Gasteiger partial charge < -0.3 is 10.1 Å². The summed E-state index contributed by atoms with van der Waals surface area (Å²) in [7, 11) is -1.96. The molecule has 1 saturated heterocycles. The average Bonchev–Trinajstić information content (AvgIpc) is 2.70. The van der Waals surface area contributed by atoms with Gasteiger partial charge in [-0.2, -0.15) is 4.31 Å². The van der Waals surface area contributed by atoms with E-state index in [2.05, 4.69) is 5.32 Å². The number of sulfonamides is 1. The van der Waals surface area contributed by atoms with Gasteiger partial charge in [0.05, 0.1) is 18.4 Å². The van der Waals surface area contributed by atoms with Gasteiger partial charge >= 0.3 is 0 Å². The summed E-state index contributed by atoms with van der Waals surface area (Å²) in [5.74, 6) is 0.533. The topological polar surface area (TPSA) is 75.7 Å². The van der Waals surface area contributed by atoms with Crippen LogP contribution in [-0.4, -0.2) is 38.8 Å². The molecule has 0 spiro atoms. The van der Waals surface area contributed by atoms with Crippen molar-refractivity contribution in [3.8, 4) is 5.75 Å². The van der Waals surface area contributed by atoms with Crippen LogP contribution in [0, 0.1) is 6.92 Å². The summed E-state index contributed by atoms with van der Waals surface area (Å²) < 4.78 is 32.7. The largest absolute Gasteiger partial charge is 0.497 e. The van der Waals surface area contributed by atoms with Crippen molar-refractivity contribution >= 4 is 21.6 Å². The molecule has 0 bridgehead atoms. The highest BCUT2D eigenvalue weighted by molar-refractivity contribution is 7.89. The molecule has 1 amide bonds. The summed E-state index contributed by atoms with van der Waals surface area (Å²) in [5, 5.41) is 2.81. The van der Waals surface area contributed by atoms with E-state index >= 15 is 0 Å². The monoisotopic (exact) mass is 402 g/mol. The second-order valence-corrected chi connectivity index (χ2v) is 8.92. The van der Waals surface area contributed by atoms with E-state index in [4.69, 9.17) is 4.74 Å². The number of carbonyl (C=O) groups is 1. The first-order valence-electron chi connectivity index (χ1n) is 9.44. The van der Waals surface area contributed by atoms with Gasteiger partial charge in [-0.3, -0.25) is 4.79 Å². The highest BCUT2D eigenvalue weighted by Crippen LogP contribution is 2.26. The van der Waals surface area contributed by atoms with E-state index in [1.54, 1.807) is 48.7 Å². The minimum atomic E-state index is -3.55. The van der Waals surface area contributed by atoms with Gasteiger partial charge in [0.1, 0.15) is 5.75 Å². The first kappa shape index (κ1) is 20.4. The predicted octanol–water partition coefficient (Wildman–Crippen LogP) is 3.36. The number of hydrogen-bond donors (Lipinski definition) is 1. The number of nitrogens with one attached hydrogen (secondary N) is 1. The maximum atomic E-state index is 13.0. The SMILES string of the molecule is COc1ccc(CC(=O)Nc2ccc(C)c(S(=O)(=O)N3CCCCC3)c2)cc1. The number of piperidine rings is 1. The summed E-state index contributed by atoms with van der Waals surface area (Å²) >= 11 is 0. The Morgan fingerprint density at radius 3 is 2.39 bits per heavy atom. The molecule has 3 rings (SSSR count). The van der Waals surface area contributed by atoms with Crippen molar-refractivity contribution in [3.05, 3.63) is 53.6 Å². The molecule has 1 aliphatic rings. The molecule has 0 aromatic heterocycles. The molecule has 0 radical (unpaired) electrons. The first-order chi connectivity index (χ1) is 13.4. The normalized spacial score (nSPS) is 15.2. The predicted molar refractivity (Wildman–Crippen MR) is 109 cm³/mol. The third kappa shape index (κ3) is 4.72. The van der Waals surface area contributed by atoms with E-state index in [0.29, 0.717) is 24.3 Å². The molecule has 1 aliphatic heterocycles. The van der Waals surface area contributed by atoms with Crippen molar-refractivity contribution in [2.45, 2.75) is 37.5 Å². The van der Waals surface area contributed by atoms with Gasteiger partial charge in [0.2, 0.25) is 15.9 Å². The van der Waals surface area contributed by atoms with Crippen molar-refractivity contribution in [1.29, 1.82) is 0 Å². The van der Waals surface area contributed by atoms with Gasteiger partial charge in [-0.15, -0.1) is 0 Å². The van der Waals surface area contributed by atoms with Gasteiger partial charge in [-0.25, -0.2) is 8.42 Å². The van der Waals surface area contributed by atoms with Gasteiger partial charge in [0.15, 0.2) is 0 Å². The molecule has 1 heterocycles. The molecule has 28 heavy (non-hydrogen) atoms. The Bertz CT molecular complexity index is 933. The number of amides is 1. The van der Waals surface area contributed by atoms with Crippen LogP contribution in [0.5, 0.6) is 5.75 Å². The van der Waals surface area contributed by atoms with Crippen LogP contribution in [0.1, 0.15) is 30.4 Å². The average molecular weight is 403 g/mol. The number of methoxy groups -OCH3 is 1. The van der Waals surface area contributed by atoms with E-state index in [0.717, 1.165) is 30.6 Å². The second kappa shape index (κ2) is 8.75. The lowest BCUT2D eigenvalue weighted by atomic mass is 10.1. The van der Waals surface area contributed by atoms with E-state index in [-0.39, 0.29) is 17.2 Å². The fraction of sp³-hybridized carbons (Fsp3) is 0.381. The molecular weight excluding hydrogens is 376 g/mol. The van der Waals surface area contributed by atoms with Gasteiger partial charge in [-0.1, -0.05) is 24.6 Å².